The summed E-state index contributed by atoms with van der Waals surface area (Å²) in [6, 6.07) is 0.878. The van der Waals surface area contributed by atoms with Crippen molar-refractivity contribution in [2.75, 3.05) is 0 Å². The van der Waals surface area contributed by atoms with Crippen LogP contribution in [0.2, 0.25) is 0 Å². The van der Waals surface area contributed by atoms with Crippen molar-refractivity contribution in [1.29, 1.82) is 0 Å². The van der Waals surface area contributed by atoms with E-state index >= 15 is 0 Å². The smallest absolute Gasteiger partial charge is 0.399 e. The van der Waals surface area contributed by atoms with E-state index in [4.69, 9.17) is 14.9 Å². The van der Waals surface area contributed by atoms with Gasteiger partial charge in [-0.1, -0.05) is 24.3 Å². The van der Waals surface area contributed by atoms with Gasteiger partial charge in [-0.05, 0) is 12.5 Å². The Morgan fingerprint density at radius 2 is 1.58 bits per heavy atom. The normalized spacial score (nSPS) is 13.7. The fourth-order valence-electron chi connectivity index (χ4n) is 2.34. The molecule has 6 N–H and O–H groups in total. The Hall–Kier alpha value is -2.89. The van der Waals surface area contributed by atoms with Crippen molar-refractivity contribution in [3.63, 3.8) is 0 Å². The highest BCUT2D eigenvalue weighted by Crippen LogP contribution is 2.59. The van der Waals surface area contributed by atoms with Crippen molar-refractivity contribution in [1.82, 2.24) is 10.6 Å². The van der Waals surface area contributed by atoms with Crippen LogP contribution in [0.25, 0.3) is 0 Å². The van der Waals surface area contributed by atoms with Crippen LogP contribution in [0.4, 0.5) is 8.78 Å². The maximum absolute atomic E-state index is 13.7. The Balaban J connectivity index is 2.80. The van der Waals surface area contributed by atoms with Gasteiger partial charge in [0, 0.05) is 18.4 Å². The lowest BCUT2D eigenvalue weighted by Crippen LogP contribution is -2.51. The molecular weight excluding hydrogens is 445 g/mol. The molecule has 0 aliphatic carbocycles. The average molecular weight is 466 g/mol. The molecule has 1 aromatic rings. The molecule has 172 valence electrons. The van der Waals surface area contributed by atoms with Crippen LogP contribution in [-0.4, -0.2) is 55.8 Å². The second-order valence-electron chi connectivity index (χ2n) is 6.57. The minimum Gasteiger partial charge on any atom is -0.481 e. The average Bonchev–Trinajstić information content (AvgIpc) is 2.65. The lowest BCUT2D eigenvalue weighted by atomic mass is 10.0. The van der Waals surface area contributed by atoms with Crippen LogP contribution < -0.4 is 10.6 Å². The van der Waals surface area contributed by atoms with Gasteiger partial charge >= 0.3 is 25.2 Å². The van der Waals surface area contributed by atoms with Crippen LogP contribution in [0.5, 0.6) is 0 Å². The Morgan fingerprint density at radius 1 is 1.03 bits per heavy atom. The van der Waals surface area contributed by atoms with Crippen LogP contribution >= 0.6 is 7.60 Å². The van der Waals surface area contributed by atoms with Crippen molar-refractivity contribution < 1.29 is 52.5 Å². The Labute approximate surface area is 174 Å². The van der Waals surface area contributed by atoms with Gasteiger partial charge in [-0.15, -0.1) is 0 Å². The van der Waals surface area contributed by atoms with Crippen LogP contribution in [0.15, 0.2) is 24.3 Å². The van der Waals surface area contributed by atoms with Crippen molar-refractivity contribution in [3.8, 4) is 0 Å². The number of carbonyl (C=O) groups is 4. The van der Waals surface area contributed by atoms with Gasteiger partial charge in [0.25, 0.3) is 0 Å². The zero-order valence-corrected chi connectivity index (χ0v) is 17.0. The number of hydrogen-bond acceptors (Lipinski definition) is 5. The van der Waals surface area contributed by atoms with E-state index in [0.717, 1.165) is 24.3 Å². The highest BCUT2D eigenvalue weighted by molar-refractivity contribution is 7.52. The number of nitrogens with one attached hydrogen (secondary N) is 2. The quantitative estimate of drug-likeness (QED) is 0.251. The number of carboxylic acid groups (broad SMARTS) is 2. The zero-order chi connectivity index (χ0) is 24.0. The maximum atomic E-state index is 13.7. The lowest BCUT2D eigenvalue weighted by Gasteiger charge is -2.20. The third kappa shape index (κ3) is 7.70. The molecule has 0 aliphatic rings. The number of aliphatic carboxylic acids is 2. The van der Waals surface area contributed by atoms with Crippen LogP contribution in [0.3, 0.4) is 0 Å². The Morgan fingerprint density at radius 3 is 2.03 bits per heavy atom. The summed E-state index contributed by atoms with van der Waals surface area (Å²) in [7, 11) is -5.75. The molecule has 11 nitrogen and oxygen atoms in total. The number of benzene rings is 1. The third-order valence-corrected chi connectivity index (χ3v) is 5.05. The minimum atomic E-state index is -5.75. The molecular formula is C17H21F2N2O9P. The molecule has 1 rings (SSSR count). The van der Waals surface area contributed by atoms with Gasteiger partial charge in [0.15, 0.2) is 0 Å². The molecule has 2 amide bonds. The third-order valence-electron chi connectivity index (χ3n) is 4.06. The topological polar surface area (TPSA) is 190 Å². The van der Waals surface area contributed by atoms with E-state index in [1.54, 1.807) is 0 Å². The second-order valence-corrected chi connectivity index (χ2v) is 8.22. The van der Waals surface area contributed by atoms with E-state index in [0.29, 0.717) is 0 Å². The van der Waals surface area contributed by atoms with Gasteiger partial charge in [0.2, 0.25) is 11.8 Å². The van der Waals surface area contributed by atoms with Crippen molar-refractivity contribution in [3.05, 3.63) is 35.4 Å². The van der Waals surface area contributed by atoms with Crippen molar-refractivity contribution in [2.45, 2.75) is 43.9 Å². The molecule has 0 bridgehead atoms. The molecule has 31 heavy (non-hydrogen) atoms. The van der Waals surface area contributed by atoms with Gasteiger partial charge in [-0.3, -0.25) is 18.9 Å². The second kappa shape index (κ2) is 10.4. The summed E-state index contributed by atoms with van der Waals surface area (Å²) in [5, 5.41) is 22.2. The van der Waals surface area contributed by atoms with E-state index in [1.165, 1.54) is 6.92 Å². The summed E-state index contributed by atoms with van der Waals surface area (Å²) in [6.45, 7) is 1.26. The first kappa shape index (κ1) is 26.1. The summed E-state index contributed by atoms with van der Waals surface area (Å²) in [6.07, 6.45) is -1.17. The van der Waals surface area contributed by atoms with Crippen molar-refractivity contribution >= 4 is 31.3 Å². The molecule has 0 aromatic heterocycles. The number of rotatable bonds is 11. The standard InChI is InChI=1S/C17H21F2N2O9P/c1-9(20-13(22)6-7-14(23)24)15(25)21-12(16(26)27)8-10-2-4-11(5-3-10)17(18,19)31(28,29)30/h2-5,9,12H,6-8H2,1H3,(H,20,22)(H,21,25)(H,23,24)(H,26,27)(H2,28,29,30)/t9-,12-/m0/s1. The fourth-order valence-corrected chi connectivity index (χ4v) is 2.83. The number of amides is 2. The van der Waals surface area contributed by atoms with E-state index in [2.05, 4.69) is 10.6 Å². The van der Waals surface area contributed by atoms with Crippen LogP contribution in [-0.2, 0) is 35.8 Å². The Bertz CT molecular complexity index is 886. The van der Waals surface area contributed by atoms with Gasteiger partial charge in [-0.2, -0.15) is 8.78 Å². The zero-order valence-electron chi connectivity index (χ0n) is 16.1. The highest BCUT2D eigenvalue weighted by atomic mass is 31.2. The van der Waals surface area contributed by atoms with E-state index in [9.17, 15) is 37.6 Å². The first-order valence-electron chi connectivity index (χ1n) is 8.72. The predicted octanol–water partition coefficient (Wildman–Crippen LogP) is 0.395. The molecule has 14 heteroatoms. The number of hydrogen-bond donors (Lipinski definition) is 6. The summed E-state index contributed by atoms with van der Waals surface area (Å²) >= 11 is 0. The molecule has 0 unspecified atom stereocenters. The van der Waals surface area contributed by atoms with E-state index in [-0.39, 0.29) is 18.4 Å². The van der Waals surface area contributed by atoms with Gasteiger partial charge in [0.05, 0.1) is 6.42 Å². The molecule has 0 spiro atoms. The van der Waals surface area contributed by atoms with E-state index in [1.807, 2.05) is 0 Å². The van der Waals surface area contributed by atoms with Gasteiger partial charge in [-0.25, -0.2) is 4.79 Å². The number of alkyl halides is 2. The first-order valence-corrected chi connectivity index (χ1v) is 10.3. The molecule has 0 saturated carbocycles. The SMILES string of the molecule is C[C@H](NC(=O)CCC(=O)O)C(=O)N[C@@H](Cc1ccc(C(F)(F)P(=O)(O)O)cc1)C(=O)O. The number of carboxylic acids is 2. The van der Waals surface area contributed by atoms with E-state index < -0.39 is 61.1 Å². The summed E-state index contributed by atoms with van der Waals surface area (Å²) in [4.78, 5) is 63.0. The largest absolute Gasteiger partial charge is 0.481 e. The lowest BCUT2D eigenvalue weighted by molar-refractivity contribution is -0.142. The molecule has 0 aliphatic heterocycles. The summed E-state index contributed by atoms with van der Waals surface area (Å²) in [5.74, 6) is -4.26. The van der Waals surface area contributed by atoms with Gasteiger partial charge in [0.1, 0.15) is 12.1 Å². The van der Waals surface area contributed by atoms with Crippen LogP contribution in [0, 0.1) is 0 Å². The predicted molar refractivity (Wildman–Crippen MR) is 100 cm³/mol. The molecule has 0 fully saturated rings. The van der Waals surface area contributed by atoms with Crippen molar-refractivity contribution in [2.24, 2.45) is 0 Å². The first-order chi connectivity index (χ1) is 14.1. The summed E-state index contributed by atoms with van der Waals surface area (Å²) < 4.78 is 38.2. The summed E-state index contributed by atoms with van der Waals surface area (Å²) in [5.41, 5.74) is -5.20. The molecule has 0 radical (unpaired) electrons. The maximum Gasteiger partial charge on any atom is 0.399 e. The number of halogens is 2. The molecule has 0 heterocycles. The fraction of sp³-hybridized carbons (Fsp3) is 0.412. The minimum absolute atomic E-state index is 0.177. The monoisotopic (exact) mass is 466 g/mol. The molecule has 1 aromatic carbocycles. The van der Waals surface area contributed by atoms with Gasteiger partial charge < -0.3 is 30.6 Å². The number of carbonyl (C=O) groups excluding carboxylic acids is 2. The highest BCUT2D eigenvalue weighted by Gasteiger charge is 2.50. The molecule has 2 atom stereocenters. The Kier molecular flexibility index (Phi) is 8.79. The van der Waals surface area contributed by atoms with Crippen LogP contribution in [0.1, 0.15) is 30.9 Å². The molecule has 0 saturated heterocycles.